The standard InChI is InChI=1S/C56H37NO/c1-3-9-38(10-4-1)40-15-17-41(18-16-40)42-19-21-44(22-20-42)45-27-32-51-46(35-45)23-24-47-36-49(30-33-52(47)51)57(48-28-25-43(26-29-48)39-11-5-2-6-12-39)50-31-34-54-53-13-7-8-14-55(53)58-56(54)37-50/h1-37H/i1D,3D,4D,9D,10D. The second-order valence-corrected chi connectivity index (χ2v) is 14.6. The molecule has 1 heterocycles. The summed E-state index contributed by atoms with van der Waals surface area (Å²) in [5.74, 6) is 0. The van der Waals surface area contributed by atoms with Crippen molar-refractivity contribution in [3.05, 3.63) is 224 Å². The van der Waals surface area contributed by atoms with E-state index in [1.165, 1.54) is 16.3 Å². The summed E-state index contributed by atoms with van der Waals surface area (Å²) in [7, 11) is 0. The van der Waals surface area contributed by atoms with Gasteiger partial charge in [-0.1, -0.05) is 170 Å². The van der Waals surface area contributed by atoms with E-state index in [0.717, 1.165) is 77.6 Å². The number of nitrogens with zero attached hydrogens (tertiary/aromatic N) is 1. The Morgan fingerprint density at radius 3 is 1.47 bits per heavy atom. The molecule has 272 valence electrons. The minimum Gasteiger partial charge on any atom is -0.456 e. The number of hydrogen-bond donors (Lipinski definition) is 0. The number of benzene rings is 10. The molecule has 10 aromatic carbocycles. The number of fused-ring (bicyclic) bond motifs is 6. The molecular weight excluding hydrogens is 703 g/mol. The first kappa shape index (κ1) is 28.7. The van der Waals surface area contributed by atoms with Gasteiger partial charge in [-0.3, -0.25) is 0 Å². The number of anilines is 3. The molecule has 0 unspecified atom stereocenters. The van der Waals surface area contributed by atoms with E-state index in [1.807, 2.05) is 48.5 Å². The molecule has 1 aromatic heterocycles. The fourth-order valence-electron chi connectivity index (χ4n) is 8.19. The zero-order valence-corrected chi connectivity index (χ0v) is 31.3. The first-order chi connectivity index (χ1) is 30.8. The molecule has 11 aromatic rings. The number of rotatable bonds is 7. The lowest BCUT2D eigenvalue weighted by Crippen LogP contribution is -2.09. The summed E-state index contributed by atoms with van der Waals surface area (Å²) in [4.78, 5) is 2.30. The van der Waals surface area contributed by atoms with E-state index in [-0.39, 0.29) is 29.7 Å². The SMILES string of the molecule is [2H]c1c([2H])c([2H])c(-c2ccc(-c3ccc(-c4ccc5c(ccc6cc(N(c7ccc(-c8ccccc8)cc7)c7ccc8c(c7)oc7ccccc78)ccc65)c4)cc3)cc2)c([2H])c1[2H]. The van der Waals surface area contributed by atoms with Crippen LogP contribution in [0, 0.1) is 0 Å². The highest BCUT2D eigenvalue weighted by atomic mass is 16.3. The van der Waals surface area contributed by atoms with Crippen LogP contribution in [-0.4, -0.2) is 0 Å². The van der Waals surface area contributed by atoms with Crippen molar-refractivity contribution in [1.29, 1.82) is 0 Å². The molecule has 0 spiro atoms. The molecule has 0 aliphatic heterocycles. The van der Waals surface area contributed by atoms with Gasteiger partial charge < -0.3 is 9.32 Å². The molecule has 0 saturated heterocycles. The van der Waals surface area contributed by atoms with Gasteiger partial charge in [-0.05, 0) is 115 Å². The number of para-hydroxylation sites is 1. The Morgan fingerprint density at radius 2 is 0.776 bits per heavy atom. The van der Waals surface area contributed by atoms with E-state index in [9.17, 15) is 0 Å². The van der Waals surface area contributed by atoms with Crippen molar-refractivity contribution in [3.8, 4) is 44.5 Å². The van der Waals surface area contributed by atoms with Crippen LogP contribution in [0.15, 0.2) is 229 Å². The van der Waals surface area contributed by atoms with Crippen molar-refractivity contribution >= 4 is 60.5 Å². The molecule has 0 radical (unpaired) electrons. The summed E-state index contributed by atoms with van der Waals surface area (Å²) in [6.07, 6.45) is 0. The maximum Gasteiger partial charge on any atom is 0.137 e. The summed E-state index contributed by atoms with van der Waals surface area (Å²) >= 11 is 0. The van der Waals surface area contributed by atoms with Crippen molar-refractivity contribution in [1.82, 2.24) is 0 Å². The lowest BCUT2D eigenvalue weighted by Gasteiger charge is -2.26. The monoisotopic (exact) mass is 744 g/mol. The van der Waals surface area contributed by atoms with Crippen LogP contribution in [-0.2, 0) is 0 Å². The Kier molecular flexibility index (Phi) is 6.98. The molecule has 0 aliphatic rings. The molecule has 2 heteroatoms. The second kappa shape index (κ2) is 14.1. The predicted molar refractivity (Wildman–Crippen MR) is 245 cm³/mol. The summed E-state index contributed by atoms with van der Waals surface area (Å²) in [6, 6.07) is 66.1. The van der Waals surface area contributed by atoms with Gasteiger partial charge in [0, 0.05) is 33.9 Å². The zero-order valence-electron chi connectivity index (χ0n) is 36.3. The highest BCUT2D eigenvalue weighted by molar-refractivity contribution is 6.10. The van der Waals surface area contributed by atoms with Crippen molar-refractivity contribution in [2.45, 2.75) is 0 Å². The van der Waals surface area contributed by atoms with E-state index < -0.39 is 6.04 Å². The fourth-order valence-corrected chi connectivity index (χ4v) is 8.19. The largest absolute Gasteiger partial charge is 0.456 e. The molecule has 2 nitrogen and oxygen atoms in total. The Morgan fingerprint density at radius 1 is 0.310 bits per heavy atom. The van der Waals surface area contributed by atoms with Crippen LogP contribution >= 0.6 is 0 Å². The quantitative estimate of drug-likeness (QED) is 0.151. The van der Waals surface area contributed by atoms with Gasteiger partial charge in [0.15, 0.2) is 0 Å². The normalized spacial score (nSPS) is 12.7. The molecular formula is C56H37NO. The third kappa shape index (κ3) is 6.09. The number of hydrogen-bond acceptors (Lipinski definition) is 2. The lowest BCUT2D eigenvalue weighted by atomic mass is 9.95. The van der Waals surface area contributed by atoms with E-state index >= 15 is 0 Å². The molecule has 0 aliphatic carbocycles. The van der Waals surface area contributed by atoms with Crippen LogP contribution in [0.25, 0.3) is 88.0 Å². The van der Waals surface area contributed by atoms with Crippen LogP contribution in [0.2, 0.25) is 0 Å². The minimum atomic E-state index is -0.390. The third-order valence-corrected chi connectivity index (χ3v) is 11.2. The predicted octanol–water partition coefficient (Wildman–Crippen LogP) is 16.0. The van der Waals surface area contributed by atoms with Crippen LogP contribution in [0.4, 0.5) is 17.1 Å². The Balaban J connectivity index is 0.907. The first-order valence-corrected chi connectivity index (χ1v) is 19.4. The smallest absolute Gasteiger partial charge is 0.137 e. The van der Waals surface area contributed by atoms with Crippen LogP contribution in [0.1, 0.15) is 6.85 Å². The average molecular weight is 745 g/mol. The first-order valence-electron chi connectivity index (χ1n) is 21.9. The van der Waals surface area contributed by atoms with E-state index in [4.69, 9.17) is 11.3 Å². The maximum absolute atomic E-state index is 8.35. The van der Waals surface area contributed by atoms with E-state index in [1.54, 1.807) is 0 Å². The molecule has 58 heavy (non-hydrogen) atoms. The van der Waals surface area contributed by atoms with Gasteiger partial charge in [0.25, 0.3) is 0 Å². The van der Waals surface area contributed by atoms with Gasteiger partial charge in [0.05, 0.1) is 6.85 Å². The molecule has 0 bridgehead atoms. The maximum atomic E-state index is 8.35. The molecule has 0 fully saturated rings. The van der Waals surface area contributed by atoms with E-state index in [0.29, 0.717) is 5.56 Å². The average Bonchev–Trinajstić information content (AvgIpc) is 3.71. The Hall–Kier alpha value is -7.68. The van der Waals surface area contributed by atoms with Crippen molar-refractivity contribution in [2.75, 3.05) is 4.90 Å². The van der Waals surface area contributed by atoms with Gasteiger partial charge in [0.2, 0.25) is 0 Å². The van der Waals surface area contributed by atoms with Crippen molar-refractivity contribution in [3.63, 3.8) is 0 Å². The molecule has 0 atom stereocenters. The molecule has 0 N–H and O–H groups in total. The Labute approximate surface area is 344 Å². The summed E-state index contributed by atoms with van der Waals surface area (Å²) < 4.78 is 47.1. The van der Waals surface area contributed by atoms with Gasteiger partial charge in [-0.25, -0.2) is 0 Å². The molecule has 0 amide bonds. The summed E-state index contributed by atoms with van der Waals surface area (Å²) in [5.41, 5.74) is 12.2. The van der Waals surface area contributed by atoms with Crippen molar-refractivity contribution < 1.29 is 11.3 Å². The minimum absolute atomic E-state index is 0.201. The van der Waals surface area contributed by atoms with Crippen LogP contribution in [0.5, 0.6) is 0 Å². The molecule has 0 saturated carbocycles. The Bertz CT molecular complexity index is 3520. The van der Waals surface area contributed by atoms with Crippen LogP contribution in [0.3, 0.4) is 0 Å². The second-order valence-electron chi connectivity index (χ2n) is 14.6. The topological polar surface area (TPSA) is 16.4 Å². The van der Waals surface area contributed by atoms with Crippen molar-refractivity contribution in [2.24, 2.45) is 0 Å². The summed E-state index contributed by atoms with van der Waals surface area (Å²) in [5, 5.41) is 6.86. The van der Waals surface area contributed by atoms with Gasteiger partial charge in [-0.2, -0.15) is 0 Å². The zero-order chi connectivity index (χ0) is 42.8. The van der Waals surface area contributed by atoms with Crippen LogP contribution < -0.4 is 4.90 Å². The van der Waals surface area contributed by atoms with Gasteiger partial charge in [-0.15, -0.1) is 0 Å². The highest BCUT2D eigenvalue weighted by Crippen LogP contribution is 2.41. The lowest BCUT2D eigenvalue weighted by molar-refractivity contribution is 0.669. The van der Waals surface area contributed by atoms with E-state index in [2.05, 4.69) is 150 Å². The van der Waals surface area contributed by atoms with Gasteiger partial charge in [0.1, 0.15) is 11.2 Å². The highest BCUT2D eigenvalue weighted by Gasteiger charge is 2.17. The fraction of sp³-hybridized carbons (Fsp3) is 0. The summed E-state index contributed by atoms with van der Waals surface area (Å²) in [6.45, 7) is 0. The van der Waals surface area contributed by atoms with Gasteiger partial charge >= 0.3 is 0 Å². The molecule has 11 rings (SSSR count). The third-order valence-electron chi connectivity index (χ3n) is 11.2. The number of furan rings is 1.